The quantitative estimate of drug-likeness (QED) is 0.628. The highest BCUT2D eigenvalue weighted by molar-refractivity contribution is 5.91. The molecule has 0 saturated carbocycles. The molecule has 2 heterocycles. The van der Waals surface area contributed by atoms with Gasteiger partial charge in [-0.3, -0.25) is 0 Å². The minimum absolute atomic E-state index is 0.0694. The van der Waals surface area contributed by atoms with E-state index >= 15 is 0 Å². The van der Waals surface area contributed by atoms with E-state index in [1.165, 1.54) is 0 Å². The average Bonchev–Trinajstić information content (AvgIpc) is 2.91. The van der Waals surface area contributed by atoms with E-state index in [9.17, 15) is 0 Å². The zero-order valence-electron chi connectivity index (χ0n) is 12.1. The number of azo groups is 1. The van der Waals surface area contributed by atoms with E-state index in [1.807, 2.05) is 0 Å². The highest BCUT2D eigenvalue weighted by Crippen LogP contribution is 2.19. The van der Waals surface area contributed by atoms with E-state index in [-0.39, 0.29) is 10.8 Å². The van der Waals surface area contributed by atoms with Crippen molar-refractivity contribution >= 4 is 11.5 Å². The second-order valence-electron chi connectivity index (χ2n) is 6.30. The molecule has 18 heavy (non-hydrogen) atoms. The molecule has 6 nitrogen and oxygen atoms in total. The zero-order chi connectivity index (χ0) is 13.8. The van der Waals surface area contributed by atoms with Crippen LogP contribution in [0.5, 0.6) is 0 Å². The molecule has 0 bridgehead atoms. The monoisotopic (exact) mass is 250 g/mol. The first-order valence-corrected chi connectivity index (χ1v) is 6.07. The Morgan fingerprint density at radius 1 is 0.889 bits per heavy atom. The lowest BCUT2D eigenvalue weighted by atomic mass is 9.90. The number of rotatable bonds is 0. The van der Waals surface area contributed by atoms with E-state index in [4.69, 9.17) is 0 Å². The molecule has 0 aromatic rings. The summed E-state index contributed by atoms with van der Waals surface area (Å²) in [7, 11) is 0. The Labute approximate surface area is 108 Å². The van der Waals surface area contributed by atoms with E-state index in [2.05, 4.69) is 72.2 Å². The van der Waals surface area contributed by atoms with Gasteiger partial charge in [-0.25, -0.2) is 4.99 Å². The third-order valence-corrected chi connectivity index (χ3v) is 2.43. The lowest BCUT2D eigenvalue weighted by Gasteiger charge is -2.15. The van der Waals surface area contributed by atoms with E-state index in [1.54, 1.807) is 0 Å². The van der Waals surface area contributed by atoms with Crippen LogP contribution in [0.3, 0.4) is 0 Å². The van der Waals surface area contributed by atoms with Gasteiger partial charge in [0, 0.05) is 10.8 Å². The molecule has 0 amide bonds. The predicted octanol–water partition coefficient (Wildman–Crippen LogP) is 3.71. The average molecular weight is 250 g/mol. The zero-order valence-corrected chi connectivity index (χ0v) is 12.1. The number of hydrogen-bond donors (Lipinski definition) is 0. The van der Waals surface area contributed by atoms with Gasteiger partial charge in [0.15, 0.2) is 12.5 Å². The van der Waals surface area contributed by atoms with Crippen LogP contribution in [0, 0.1) is 10.8 Å². The maximum atomic E-state index is 4.09. The topological polar surface area (TPSA) is 74.2 Å². The van der Waals surface area contributed by atoms with Crippen molar-refractivity contribution in [2.45, 2.75) is 41.5 Å². The number of amidine groups is 1. The lowest BCUT2D eigenvalue weighted by molar-refractivity contribution is 0.585. The van der Waals surface area contributed by atoms with Gasteiger partial charge in [-0.05, 0) is 5.22 Å². The molecule has 2 rings (SSSR count). The Balaban J connectivity index is 0.000000180. The number of hydrogen-bond acceptors (Lipinski definition) is 6. The van der Waals surface area contributed by atoms with Crippen molar-refractivity contribution in [3.8, 4) is 0 Å². The Morgan fingerprint density at radius 2 is 1.56 bits per heavy atom. The Bertz CT molecular complexity index is 403. The first-order chi connectivity index (χ1) is 8.21. The summed E-state index contributed by atoms with van der Waals surface area (Å²) in [6, 6.07) is 0. The van der Waals surface area contributed by atoms with Gasteiger partial charge in [-0.1, -0.05) is 41.5 Å². The number of aliphatic imine (C=N–C) groups is 1. The SMILES string of the molecule is CC(C)(C)C1=NCN=N1.CC(C)(C)C1=NN=NC1. The minimum Gasteiger partial charge on any atom is -0.243 e. The highest BCUT2D eigenvalue weighted by atomic mass is 15.4. The van der Waals surface area contributed by atoms with Gasteiger partial charge >= 0.3 is 0 Å². The molecule has 2 aliphatic heterocycles. The van der Waals surface area contributed by atoms with Crippen LogP contribution >= 0.6 is 0 Å². The van der Waals surface area contributed by atoms with Gasteiger partial charge in [-0.2, -0.15) is 10.2 Å². The van der Waals surface area contributed by atoms with Crippen LogP contribution in [0.2, 0.25) is 0 Å². The van der Waals surface area contributed by atoms with Gasteiger partial charge in [0.2, 0.25) is 0 Å². The number of nitrogens with zero attached hydrogens (tertiary/aromatic N) is 6. The summed E-state index contributed by atoms with van der Waals surface area (Å²) >= 11 is 0. The van der Waals surface area contributed by atoms with Gasteiger partial charge in [0.25, 0.3) is 0 Å². The van der Waals surface area contributed by atoms with Crippen LogP contribution in [0.1, 0.15) is 41.5 Å². The lowest BCUT2D eigenvalue weighted by Crippen LogP contribution is -2.20. The third kappa shape index (κ3) is 4.43. The summed E-state index contributed by atoms with van der Waals surface area (Å²) < 4.78 is 0. The Hall–Kier alpha value is -1.46. The maximum Gasteiger partial charge on any atom is 0.153 e. The standard InChI is InChI=1S/2C6H11N3/c1-6(2,3)5-7-4-8-9-5;1-6(2,3)5-4-7-9-8-5/h2*4H2,1-3H3. The maximum absolute atomic E-state index is 4.09. The highest BCUT2D eigenvalue weighted by Gasteiger charge is 2.21. The normalized spacial score (nSPS) is 18.3. The molecule has 6 heteroatoms. The summed E-state index contributed by atoms with van der Waals surface area (Å²) in [5.74, 6) is 0.863. The fourth-order valence-corrected chi connectivity index (χ4v) is 1.22. The van der Waals surface area contributed by atoms with Crippen LogP contribution in [-0.2, 0) is 0 Å². The molecule has 0 atom stereocenters. The summed E-state index contributed by atoms with van der Waals surface area (Å²) in [5.41, 5.74) is 1.28. The van der Waals surface area contributed by atoms with Crippen molar-refractivity contribution in [1.29, 1.82) is 0 Å². The van der Waals surface area contributed by atoms with Crippen molar-refractivity contribution in [3.63, 3.8) is 0 Å². The smallest absolute Gasteiger partial charge is 0.153 e. The Kier molecular flexibility index (Phi) is 4.43. The van der Waals surface area contributed by atoms with Gasteiger partial charge in [0.05, 0.1) is 5.71 Å². The molecule has 0 aliphatic carbocycles. The minimum atomic E-state index is 0.0694. The van der Waals surface area contributed by atoms with Crippen LogP contribution in [0.4, 0.5) is 0 Å². The van der Waals surface area contributed by atoms with E-state index < -0.39 is 0 Å². The molecule has 0 radical (unpaired) electrons. The van der Waals surface area contributed by atoms with E-state index in [0.717, 1.165) is 11.5 Å². The second-order valence-corrected chi connectivity index (χ2v) is 6.30. The summed E-state index contributed by atoms with van der Waals surface area (Å²) in [5, 5.41) is 18.8. The first kappa shape index (κ1) is 14.6. The van der Waals surface area contributed by atoms with Gasteiger partial charge in [-0.15, -0.1) is 10.2 Å². The van der Waals surface area contributed by atoms with Crippen LogP contribution in [0.25, 0.3) is 0 Å². The van der Waals surface area contributed by atoms with Crippen molar-refractivity contribution < 1.29 is 0 Å². The fourth-order valence-electron chi connectivity index (χ4n) is 1.22. The summed E-state index contributed by atoms with van der Waals surface area (Å²) in [6.07, 6.45) is 0. The van der Waals surface area contributed by atoms with E-state index in [0.29, 0.717) is 13.2 Å². The molecule has 100 valence electrons. The van der Waals surface area contributed by atoms with Crippen molar-refractivity contribution in [2.24, 2.45) is 41.5 Å². The Morgan fingerprint density at radius 3 is 1.78 bits per heavy atom. The van der Waals surface area contributed by atoms with Crippen molar-refractivity contribution in [1.82, 2.24) is 0 Å². The molecule has 0 spiro atoms. The first-order valence-electron chi connectivity index (χ1n) is 6.07. The second kappa shape index (κ2) is 5.46. The molecule has 0 fully saturated rings. The van der Waals surface area contributed by atoms with Crippen LogP contribution < -0.4 is 0 Å². The molecule has 0 aromatic carbocycles. The third-order valence-electron chi connectivity index (χ3n) is 2.43. The summed E-state index contributed by atoms with van der Waals surface area (Å²) in [6.45, 7) is 13.8. The molecular formula is C12H22N6. The predicted molar refractivity (Wildman–Crippen MR) is 73.2 cm³/mol. The molecular weight excluding hydrogens is 228 g/mol. The van der Waals surface area contributed by atoms with Crippen LogP contribution in [0.15, 0.2) is 30.7 Å². The summed E-state index contributed by atoms with van der Waals surface area (Å²) in [4.78, 5) is 4.09. The molecule has 0 aromatic heterocycles. The largest absolute Gasteiger partial charge is 0.243 e. The molecule has 0 unspecified atom stereocenters. The molecule has 0 saturated heterocycles. The van der Waals surface area contributed by atoms with Crippen molar-refractivity contribution in [3.05, 3.63) is 0 Å². The van der Waals surface area contributed by atoms with Gasteiger partial charge < -0.3 is 0 Å². The van der Waals surface area contributed by atoms with Crippen LogP contribution in [-0.4, -0.2) is 24.8 Å². The fraction of sp³-hybridized carbons (Fsp3) is 0.833. The molecule has 2 aliphatic rings. The molecule has 0 N–H and O–H groups in total. The van der Waals surface area contributed by atoms with Gasteiger partial charge in [0.1, 0.15) is 6.54 Å². The van der Waals surface area contributed by atoms with Crippen molar-refractivity contribution in [2.75, 3.05) is 13.2 Å².